The maximum Gasteiger partial charge on any atom is 0.219 e. The maximum atomic E-state index is 5.42. The average Bonchev–Trinajstić information content (AvgIpc) is 3.44. The SMILES string of the molecule is CCn1c2ccccc2c2cc(/C=N\n3c(-c4ccco4)n[nH]c3=S)ccc21. The van der Waals surface area contributed by atoms with Crippen LogP contribution in [-0.4, -0.2) is 25.7 Å². The summed E-state index contributed by atoms with van der Waals surface area (Å²) < 4.78 is 9.72. The minimum atomic E-state index is 0.409. The summed E-state index contributed by atoms with van der Waals surface area (Å²) in [6, 6.07) is 18.5. The number of para-hydroxylation sites is 1. The number of hydrogen-bond donors (Lipinski definition) is 1. The number of furan rings is 1. The van der Waals surface area contributed by atoms with Crippen LogP contribution >= 0.6 is 12.2 Å². The first kappa shape index (κ1) is 16.7. The van der Waals surface area contributed by atoms with Gasteiger partial charge in [0.15, 0.2) is 5.76 Å². The molecule has 6 nitrogen and oxygen atoms in total. The van der Waals surface area contributed by atoms with Gasteiger partial charge in [-0.15, -0.1) is 5.10 Å². The Hall–Kier alpha value is -3.45. The van der Waals surface area contributed by atoms with E-state index < -0.39 is 0 Å². The summed E-state index contributed by atoms with van der Waals surface area (Å²) in [5.41, 5.74) is 3.45. The molecule has 7 heteroatoms. The minimum Gasteiger partial charge on any atom is -0.461 e. The van der Waals surface area contributed by atoms with E-state index >= 15 is 0 Å². The molecule has 0 aliphatic carbocycles. The van der Waals surface area contributed by atoms with Gasteiger partial charge in [-0.1, -0.05) is 24.3 Å². The first-order chi connectivity index (χ1) is 13.8. The Morgan fingerprint density at radius 3 is 2.79 bits per heavy atom. The lowest BCUT2D eigenvalue weighted by molar-refractivity contribution is 0.573. The van der Waals surface area contributed by atoms with Gasteiger partial charge in [-0.3, -0.25) is 0 Å². The predicted octanol–water partition coefficient (Wildman–Crippen LogP) is 5.21. The quantitative estimate of drug-likeness (QED) is 0.340. The van der Waals surface area contributed by atoms with Crippen LogP contribution in [0.25, 0.3) is 33.4 Å². The highest BCUT2D eigenvalue weighted by Crippen LogP contribution is 2.29. The molecule has 0 atom stereocenters. The maximum absolute atomic E-state index is 5.42. The molecule has 0 fully saturated rings. The summed E-state index contributed by atoms with van der Waals surface area (Å²) in [6.45, 7) is 3.09. The molecule has 0 radical (unpaired) electrons. The van der Waals surface area contributed by atoms with E-state index in [1.54, 1.807) is 23.2 Å². The van der Waals surface area contributed by atoms with Crippen molar-refractivity contribution in [1.29, 1.82) is 0 Å². The second-order valence-electron chi connectivity index (χ2n) is 6.42. The summed E-state index contributed by atoms with van der Waals surface area (Å²) in [7, 11) is 0. The summed E-state index contributed by atoms with van der Waals surface area (Å²) in [5, 5.41) is 14.0. The first-order valence-electron chi connectivity index (χ1n) is 9.03. The van der Waals surface area contributed by atoms with Crippen LogP contribution in [0.5, 0.6) is 0 Å². The van der Waals surface area contributed by atoms with E-state index in [9.17, 15) is 0 Å². The summed E-state index contributed by atoms with van der Waals surface area (Å²) >= 11 is 5.31. The fourth-order valence-corrected chi connectivity index (χ4v) is 3.76. The highest BCUT2D eigenvalue weighted by Gasteiger charge is 2.11. The van der Waals surface area contributed by atoms with E-state index in [-0.39, 0.29) is 0 Å². The molecule has 3 aromatic heterocycles. The number of rotatable bonds is 4. The molecule has 2 aromatic carbocycles. The lowest BCUT2D eigenvalue weighted by Crippen LogP contribution is -1.95. The summed E-state index contributed by atoms with van der Waals surface area (Å²) in [6.07, 6.45) is 3.38. The van der Waals surface area contributed by atoms with Gasteiger partial charge >= 0.3 is 0 Å². The van der Waals surface area contributed by atoms with E-state index in [4.69, 9.17) is 16.6 Å². The van der Waals surface area contributed by atoms with Gasteiger partial charge in [0, 0.05) is 28.4 Å². The molecule has 0 saturated heterocycles. The third-order valence-corrected chi connectivity index (χ3v) is 5.09. The highest BCUT2D eigenvalue weighted by atomic mass is 32.1. The Kier molecular flexibility index (Phi) is 3.95. The van der Waals surface area contributed by atoms with E-state index in [0.717, 1.165) is 12.1 Å². The Morgan fingerprint density at radius 1 is 1.11 bits per heavy atom. The van der Waals surface area contributed by atoms with E-state index in [1.165, 1.54) is 21.8 Å². The number of fused-ring (bicyclic) bond motifs is 3. The van der Waals surface area contributed by atoms with E-state index in [2.05, 4.69) is 69.3 Å². The molecule has 0 amide bonds. The summed E-state index contributed by atoms with van der Waals surface area (Å²) in [4.78, 5) is 0. The van der Waals surface area contributed by atoms with Gasteiger partial charge in [0.2, 0.25) is 10.6 Å². The van der Waals surface area contributed by atoms with Crippen LogP contribution in [0.2, 0.25) is 0 Å². The topological polar surface area (TPSA) is 64.0 Å². The van der Waals surface area contributed by atoms with Crippen molar-refractivity contribution in [1.82, 2.24) is 19.4 Å². The van der Waals surface area contributed by atoms with Crippen molar-refractivity contribution in [3.05, 3.63) is 71.2 Å². The second kappa shape index (κ2) is 6.61. The molecule has 0 aliphatic rings. The number of nitrogens with zero attached hydrogens (tertiary/aromatic N) is 4. The zero-order valence-electron chi connectivity index (χ0n) is 15.2. The molecule has 28 heavy (non-hydrogen) atoms. The minimum absolute atomic E-state index is 0.409. The van der Waals surface area contributed by atoms with Gasteiger partial charge in [-0.2, -0.15) is 9.78 Å². The molecule has 0 unspecified atom stereocenters. The lowest BCUT2D eigenvalue weighted by atomic mass is 10.1. The molecular formula is C21H17N5OS. The number of aromatic amines is 1. The molecule has 0 aliphatic heterocycles. The van der Waals surface area contributed by atoms with Crippen molar-refractivity contribution >= 4 is 40.2 Å². The van der Waals surface area contributed by atoms with Crippen LogP contribution in [0.3, 0.4) is 0 Å². The normalized spacial score (nSPS) is 11.9. The summed E-state index contributed by atoms with van der Waals surface area (Å²) in [5.74, 6) is 1.14. The zero-order chi connectivity index (χ0) is 19.1. The molecule has 3 heterocycles. The third kappa shape index (κ3) is 2.59. The molecular weight excluding hydrogens is 370 g/mol. The fraction of sp³-hybridized carbons (Fsp3) is 0.0952. The monoisotopic (exact) mass is 387 g/mol. The van der Waals surface area contributed by atoms with Crippen molar-refractivity contribution in [3.63, 3.8) is 0 Å². The van der Waals surface area contributed by atoms with Gasteiger partial charge in [0.1, 0.15) is 0 Å². The predicted molar refractivity (Wildman–Crippen MR) is 113 cm³/mol. The highest BCUT2D eigenvalue weighted by molar-refractivity contribution is 7.71. The number of H-pyrrole nitrogens is 1. The van der Waals surface area contributed by atoms with Gasteiger partial charge in [0.05, 0.1) is 12.5 Å². The van der Waals surface area contributed by atoms with Gasteiger partial charge < -0.3 is 8.98 Å². The number of hydrogen-bond acceptors (Lipinski definition) is 4. The number of benzene rings is 2. The Labute approximate surface area is 165 Å². The van der Waals surface area contributed by atoms with Crippen LogP contribution < -0.4 is 0 Å². The van der Waals surface area contributed by atoms with Crippen LogP contribution in [0, 0.1) is 4.77 Å². The van der Waals surface area contributed by atoms with Gasteiger partial charge in [0.25, 0.3) is 0 Å². The molecule has 0 spiro atoms. The zero-order valence-corrected chi connectivity index (χ0v) is 16.0. The van der Waals surface area contributed by atoms with Crippen molar-refractivity contribution in [2.45, 2.75) is 13.5 Å². The van der Waals surface area contributed by atoms with E-state index in [0.29, 0.717) is 16.4 Å². The molecule has 5 rings (SSSR count). The number of nitrogens with one attached hydrogen (secondary N) is 1. The fourth-order valence-electron chi connectivity index (χ4n) is 3.58. The van der Waals surface area contributed by atoms with Crippen molar-refractivity contribution in [2.75, 3.05) is 0 Å². The molecule has 138 valence electrons. The van der Waals surface area contributed by atoms with E-state index in [1.807, 2.05) is 6.07 Å². The van der Waals surface area contributed by atoms with Crippen molar-refractivity contribution in [3.8, 4) is 11.6 Å². The number of aromatic nitrogens is 4. The van der Waals surface area contributed by atoms with Crippen LogP contribution in [0.1, 0.15) is 12.5 Å². The molecule has 1 N–H and O–H groups in total. The Balaban J connectivity index is 1.61. The Morgan fingerprint density at radius 2 is 1.96 bits per heavy atom. The molecule has 5 aromatic rings. The molecule has 0 bridgehead atoms. The van der Waals surface area contributed by atoms with Crippen LogP contribution in [-0.2, 0) is 6.54 Å². The third-order valence-electron chi connectivity index (χ3n) is 4.83. The second-order valence-corrected chi connectivity index (χ2v) is 6.81. The van der Waals surface area contributed by atoms with Crippen LogP contribution in [0.15, 0.2) is 70.4 Å². The Bertz CT molecular complexity index is 1370. The van der Waals surface area contributed by atoms with Gasteiger partial charge in [-0.05, 0) is 55.0 Å². The standard InChI is InChI=1S/C21H17N5OS/c1-2-25-17-7-4-3-6-15(17)16-12-14(9-10-18(16)25)13-22-26-20(23-24-21(26)28)19-8-5-11-27-19/h3-13H,2H2,1H3,(H,24,28)/b22-13-. The lowest BCUT2D eigenvalue weighted by Gasteiger charge is -2.02. The van der Waals surface area contributed by atoms with Crippen molar-refractivity contribution in [2.24, 2.45) is 5.10 Å². The average molecular weight is 387 g/mol. The molecule has 0 saturated carbocycles. The first-order valence-corrected chi connectivity index (χ1v) is 9.43. The smallest absolute Gasteiger partial charge is 0.219 e. The number of aryl methyl sites for hydroxylation is 1. The van der Waals surface area contributed by atoms with Gasteiger partial charge in [-0.25, -0.2) is 5.10 Å². The van der Waals surface area contributed by atoms with Crippen molar-refractivity contribution < 1.29 is 4.42 Å². The largest absolute Gasteiger partial charge is 0.461 e. The van der Waals surface area contributed by atoms with Crippen LogP contribution in [0.4, 0.5) is 0 Å².